The van der Waals surface area contributed by atoms with Crippen LogP contribution in [-0.4, -0.2) is 29.8 Å². The number of aryl methyl sites for hydroxylation is 1. The number of benzene rings is 1. The van der Waals surface area contributed by atoms with E-state index in [2.05, 4.69) is 25.7 Å². The van der Waals surface area contributed by atoms with Crippen LogP contribution in [0.2, 0.25) is 0 Å². The van der Waals surface area contributed by atoms with Crippen molar-refractivity contribution in [1.82, 2.24) is 29.8 Å². The first-order chi connectivity index (χ1) is 14.0. The van der Waals surface area contributed by atoms with Gasteiger partial charge >= 0.3 is 0 Å². The van der Waals surface area contributed by atoms with Crippen LogP contribution in [0.5, 0.6) is 0 Å². The molecule has 0 fully saturated rings. The Labute approximate surface area is 169 Å². The highest BCUT2D eigenvalue weighted by atomic mass is 32.1. The highest BCUT2D eigenvalue weighted by Gasteiger charge is 2.15. The Bertz CT molecular complexity index is 1120. The molecule has 3 aromatic heterocycles. The van der Waals surface area contributed by atoms with Gasteiger partial charge in [-0.1, -0.05) is 29.5 Å². The number of rotatable bonds is 7. The van der Waals surface area contributed by atoms with Gasteiger partial charge in [0.15, 0.2) is 5.82 Å². The summed E-state index contributed by atoms with van der Waals surface area (Å²) in [5.74, 6) is 0.623. The van der Waals surface area contributed by atoms with E-state index in [-0.39, 0.29) is 12.2 Å². The number of nitrogens with two attached hydrogens (primary N) is 1. The average molecular weight is 416 g/mol. The van der Waals surface area contributed by atoms with Crippen molar-refractivity contribution in [2.24, 2.45) is 0 Å². The van der Waals surface area contributed by atoms with Crippen molar-refractivity contribution < 1.29 is 8.78 Å². The molecule has 150 valence electrons. The quantitative estimate of drug-likeness (QED) is 0.447. The minimum absolute atomic E-state index is 0.241. The van der Waals surface area contributed by atoms with E-state index in [9.17, 15) is 8.78 Å². The van der Waals surface area contributed by atoms with Crippen LogP contribution in [0.25, 0.3) is 0 Å². The summed E-state index contributed by atoms with van der Waals surface area (Å²) >= 11 is 1.31. The highest BCUT2D eigenvalue weighted by molar-refractivity contribution is 7.15. The molecule has 1 aromatic carbocycles. The monoisotopic (exact) mass is 416 g/mol. The van der Waals surface area contributed by atoms with Crippen molar-refractivity contribution in [1.29, 1.82) is 0 Å². The number of alkyl halides is 2. The number of aromatic nitrogens is 6. The van der Waals surface area contributed by atoms with E-state index in [0.717, 1.165) is 11.3 Å². The Morgan fingerprint density at radius 2 is 1.97 bits per heavy atom. The second-order valence-electron chi connectivity index (χ2n) is 6.39. The normalized spacial score (nSPS) is 11.3. The topological polar surface area (TPSA) is 99.5 Å². The molecule has 0 aliphatic rings. The van der Waals surface area contributed by atoms with E-state index in [4.69, 9.17) is 5.73 Å². The molecule has 3 heterocycles. The zero-order valence-electron chi connectivity index (χ0n) is 15.5. The minimum Gasteiger partial charge on any atom is -0.398 e. The lowest BCUT2D eigenvalue weighted by Crippen LogP contribution is -2.04. The van der Waals surface area contributed by atoms with Gasteiger partial charge in [-0.25, -0.2) is 8.78 Å². The average Bonchev–Trinajstić information content (AvgIpc) is 3.40. The van der Waals surface area contributed by atoms with Crippen LogP contribution in [0.1, 0.15) is 28.4 Å². The van der Waals surface area contributed by atoms with Crippen LogP contribution in [0.4, 0.5) is 25.4 Å². The summed E-state index contributed by atoms with van der Waals surface area (Å²) in [6.45, 7) is 2.56. The third-order valence-corrected chi connectivity index (χ3v) is 5.06. The maximum absolute atomic E-state index is 12.8. The Morgan fingerprint density at radius 3 is 2.72 bits per heavy atom. The zero-order chi connectivity index (χ0) is 20.4. The molecule has 11 heteroatoms. The first-order valence-electron chi connectivity index (χ1n) is 8.76. The molecule has 0 saturated heterocycles. The maximum atomic E-state index is 12.8. The van der Waals surface area contributed by atoms with Crippen LogP contribution in [0.3, 0.4) is 0 Å². The van der Waals surface area contributed by atoms with Crippen molar-refractivity contribution >= 4 is 28.0 Å². The Hall–Kier alpha value is -3.34. The summed E-state index contributed by atoms with van der Waals surface area (Å²) in [6.07, 6.45) is -0.752. The number of anilines is 3. The van der Waals surface area contributed by atoms with Gasteiger partial charge in [-0.3, -0.25) is 9.36 Å². The summed E-state index contributed by atoms with van der Waals surface area (Å²) in [5.41, 5.74) is 8.08. The van der Waals surface area contributed by atoms with Crippen LogP contribution in [0.15, 0.2) is 42.6 Å². The molecule has 0 atom stereocenters. The summed E-state index contributed by atoms with van der Waals surface area (Å²) in [4.78, 5) is 0. The summed E-state index contributed by atoms with van der Waals surface area (Å²) in [6, 6.07) is 10.8. The second kappa shape index (κ2) is 7.95. The summed E-state index contributed by atoms with van der Waals surface area (Å²) < 4.78 is 28.8. The van der Waals surface area contributed by atoms with Crippen molar-refractivity contribution in [3.63, 3.8) is 0 Å². The lowest BCUT2D eigenvalue weighted by atomic mass is 10.2. The fraction of sp³-hybridized carbons (Fsp3) is 0.222. The molecule has 4 rings (SSSR count). The molecule has 0 saturated carbocycles. The smallest absolute Gasteiger partial charge is 0.282 e. The third-order valence-electron chi connectivity index (χ3n) is 4.24. The van der Waals surface area contributed by atoms with E-state index >= 15 is 0 Å². The summed E-state index contributed by atoms with van der Waals surface area (Å²) in [5, 5.41) is 20.9. The maximum Gasteiger partial charge on any atom is 0.282 e. The Balaban J connectivity index is 1.41. The number of nitrogens with zero attached hydrogens (tertiary/aromatic N) is 6. The van der Waals surface area contributed by atoms with Gasteiger partial charge in [0, 0.05) is 23.6 Å². The van der Waals surface area contributed by atoms with Crippen LogP contribution < -0.4 is 11.1 Å². The van der Waals surface area contributed by atoms with E-state index in [0.29, 0.717) is 28.2 Å². The predicted octanol–water partition coefficient (Wildman–Crippen LogP) is 3.60. The summed E-state index contributed by atoms with van der Waals surface area (Å²) in [7, 11) is 0. The second-order valence-corrected chi connectivity index (χ2v) is 7.45. The van der Waals surface area contributed by atoms with Crippen LogP contribution in [-0.2, 0) is 13.1 Å². The van der Waals surface area contributed by atoms with E-state index in [1.54, 1.807) is 11.6 Å². The molecule has 0 amide bonds. The van der Waals surface area contributed by atoms with Crippen molar-refractivity contribution in [3.05, 3.63) is 64.6 Å². The highest BCUT2D eigenvalue weighted by Crippen LogP contribution is 2.23. The van der Waals surface area contributed by atoms with Gasteiger partial charge in [-0.05, 0) is 24.6 Å². The van der Waals surface area contributed by atoms with E-state index < -0.39 is 6.43 Å². The molecule has 0 radical (unpaired) electrons. The van der Waals surface area contributed by atoms with Gasteiger partial charge < -0.3 is 11.1 Å². The number of para-hydroxylation sites is 1. The third kappa shape index (κ3) is 4.40. The molecule has 0 unspecified atom stereocenters. The largest absolute Gasteiger partial charge is 0.398 e. The Kier molecular flexibility index (Phi) is 5.21. The van der Waals surface area contributed by atoms with Gasteiger partial charge in [-0.15, -0.1) is 10.2 Å². The zero-order valence-corrected chi connectivity index (χ0v) is 16.3. The number of nitrogens with one attached hydrogen (secondary N) is 1. The molecule has 29 heavy (non-hydrogen) atoms. The first-order valence-corrected chi connectivity index (χ1v) is 9.58. The molecule has 8 nitrogen and oxygen atoms in total. The number of hydrogen-bond acceptors (Lipinski definition) is 7. The van der Waals surface area contributed by atoms with Gasteiger partial charge in [-0.2, -0.15) is 10.2 Å². The number of hydrogen-bond donors (Lipinski definition) is 2. The van der Waals surface area contributed by atoms with Crippen LogP contribution in [0, 0.1) is 6.92 Å². The molecular formula is C18H18F2N8S. The lowest BCUT2D eigenvalue weighted by molar-refractivity contribution is 0.145. The minimum atomic E-state index is -2.59. The molecule has 0 bridgehead atoms. The van der Waals surface area contributed by atoms with Gasteiger partial charge in [0.2, 0.25) is 5.13 Å². The lowest BCUT2D eigenvalue weighted by Gasteiger charge is -2.05. The molecule has 0 aliphatic heterocycles. The first kappa shape index (κ1) is 19.0. The molecule has 0 spiro atoms. The Morgan fingerprint density at radius 1 is 1.14 bits per heavy atom. The van der Waals surface area contributed by atoms with E-state index in [1.165, 1.54) is 22.1 Å². The number of nitrogen functional groups attached to an aromatic ring is 1. The standard InChI is InChI=1S/C18H18F2N8S/c1-11-8-14(17(19)20)25-28(11)10-16-23-24-18(29-16)22-15-6-7-27(26-15)9-12-4-2-3-5-13(12)21/h2-8,17H,9-10,21H2,1H3,(H,22,24,26). The fourth-order valence-electron chi connectivity index (χ4n) is 2.78. The molecular weight excluding hydrogens is 398 g/mol. The fourth-order valence-corrected chi connectivity index (χ4v) is 3.51. The number of halogens is 2. The predicted molar refractivity (Wildman–Crippen MR) is 106 cm³/mol. The molecule has 0 aliphatic carbocycles. The van der Waals surface area contributed by atoms with Crippen LogP contribution >= 0.6 is 11.3 Å². The van der Waals surface area contributed by atoms with E-state index in [1.807, 2.05) is 36.5 Å². The van der Waals surface area contributed by atoms with Gasteiger partial charge in [0.05, 0.1) is 13.1 Å². The molecule has 4 aromatic rings. The van der Waals surface area contributed by atoms with Crippen molar-refractivity contribution in [3.8, 4) is 0 Å². The van der Waals surface area contributed by atoms with Crippen molar-refractivity contribution in [2.45, 2.75) is 26.4 Å². The van der Waals surface area contributed by atoms with Crippen molar-refractivity contribution in [2.75, 3.05) is 11.1 Å². The van der Waals surface area contributed by atoms with Gasteiger partial charge in [0.1, 0.15) is 10.7 Å². The van der Waals surface area contributed by atoms with Gasteiger partial charge in [0.25, 0.3) is 6.43 Å². The molecule has 3 N–H and O–H groups in total. The SMILES string of the molecule is Cc1cc(C(F)F)nn1Cc1nnc(Nc2ccn(Cc3ccccc3N)n2)s1.